The topological polar surface area (TPSA) is 79.7 Å². The molecule has 2 N–H and O–H groups in total. The quantitative estimate of drug-likeness (QED) is 0.802. The summed E-state index contributed by atoms with van der Waals surface area (Å²) in [5.41, 5.74) is 0. The predicted molar refractivity (Wildman–Crippen MR) is 63.4 cm³/mol. The highest BCUT2D eigenvalue weighted by Gasteiger charge is 2.14. The highest BCUT2D eigenvalue weighted by atomic mass is 31.2. The molecule has 0 saturated carbocycles. The van der Waals surface area contributed by atoms with E-state index >= 15 is 0 Å². The first-order valence-electron chi connectivity index (χ1n) is 4.73. The Morgan fingerprint density at radius 1 is 0.941 bits per heavy atom. The van der Waals surface area contributed by atoms with Gasteiger partial charge in [-0.25, -0.2) is 4.57 Å². The lowest BCUT2D eigenvalue weighted by Gasteiger charge is -2.04. The molecule has 90 valence electrons. The largest absolute Gasteiger partial charge is 0.524 e. The number of hydrogen-bond acceptors (Lipinski definition) is 3. The molecule has 1 aromatic carbocycles. The van der Waals surface area contributed by atoms with Crippen molar-refractivity contribution in [1.82, 2.24) is 4.98 Å². The van der Waals surface area contributed by atoms with E-state index in [1.165, 1.54) is 12.1 Å². The van der Waals surface area contributed by atoms with Crippen molar-refractivity contribution >= 4 is 7.82 Å². The molecule has 0 fully saturated rings. The highest BCUT2D eigenvalue weighted by molar-refractivity contribution is 7.46. The zero-order valence-electron chi connectivity index (χ0n) is 8.88. The molecule has 2 rings (SSSR count). The van der Waals surface area contributed by atoms with E-state index in [-0.39, 0.29) is 5.75 Å². The molecule has 1 heterocycles. The van der Waals surface area contributed by atoms with E-state index in [9.17, 15) is 4.57 Å². The number of para-hydroxylation sites is 1. The fourth-order valence-electron chi connectivity index (χ4n) is 0.931. The first kappa shape index (κ1) is 13.4. The second kappa shape index (κ2) is 6.81. The fraction of sp³-hybridized carbons (Fsp3) is 0. The summed E-state index contributed by atoms with van der Waals surface area (Å²) in [6.45, 7) is 0. The van der Waals surface area contributed by atoms with E-state index < -0.39 is 7.82 Å². The molecule has 2 aromatic rings. The van der Waals surface area contributed by atoms with Gasteiger partial charge >= 0.3 is 7.82 Å². The van der Waals surface area contributed by atoms with Gasteiger partial charge in [-0.3, -0.25) is 14.8 Å². The van der Waals surface area contributed by atoms with Crippen molar-refractivity contribution in [3.8, 4) is 5.75 Å². The van der Waals surface area contributed by atoms with Crippen molar-refractivity contribution < 1.29 is 18.9 Å². The molecule has 0 bridgehead atoms. The van der Waals surface area contributed by atoms with Crippen molar-refractivity contribution in [2.24, 2.45) is 0 Å². The Labute approximate surface area is 99.0 Å². The minimum atomic E-state index is -4.39. The van der Waals surface area contributed by atoms with E-state index in [1.807, 2.05) is 18.2 Å². The molecule has 0 spiro atoms. The third-order valence-corrected chi connectivity index (χ3v) is 1.98. The summed E-state index contributed by atoms with van der Waals surface area (Å²) in [6, 6.07) is 13.6. The highest BCUT2D eigenvalue weighted by Crippen LogP contribution is 2.36. The third kappa shape index (κ3) is 7.25. The van der Waals surface area contributed by atoms with Gasteiger partial charge < -0.3 is 4.52 Å². The monoisotopic (exact) mass is 253 g/mol. The Bertz CT molecular complexity index is 431. The van der Waals surface area contributed by atoms with Crippen LogP contribution in [-0.4, -0.2) is 14.8 Å². The molecule has 6 heteroatoms. The van der Waals surface area contributed by atoms with E-state index in [1.54, 1.807) is 30.6 Å². The zero-order valence-corrected chi connectivity index (χ0v) is 9.77. The van der Waals surface area contributed by atoms with Crippen molar-refractivity contribution in [2.45, 2.75) is 0 Å². The van der Waals surface area contributed by atoms with Crippen molar-refractivity contribution in [3.05, 3.63) is 60.9 Å². The van der Waals surface area contributed by atoms with Crippen molar-refractivity contribution in [1.29, 1.82) is 0 Å². The van der Waals surface area contributed by atoms with Crippen LogP contribution in [0.1, 0.15) is 0 Å². The normalized spacial score (nSPS) is 10.0. The van der Waals surface area contributed by atoms with Crippen LogP contribution in [0.4, 0.5) is 0 Å². The number of nitrogens with zero attached hydrogens (tertiary/aromatic N) is 1. The molecular weight excluding hydrogens is 241 g/mol. The first-order valence-corrected chi connectivity index (χ1v) is 6.26. The van der Waals surface area contributed by atoms with Gasteiger partial charge in [-0.1, -0.05) is 24.3 Å². The number of hydrogen-bond donors (Lipinski definition) is 2. The average Bonchev–Trinajstić information content (AvgIpc) is 2.31. The van der Waals surface area contributed by atoms with Gasteiger partial charge in [-0.15, -0.1) is 0 Å². The van der Waals surface area contributed by atoms with E-state index in [4.69, 9.17) is 9.79 Å². The minimum absolute atomic E-state index is 0.167. The Balaban J connectivity index is 0.000000202. The number of aromatic nitrogens is 1. The van der Waals surface area contributed by atoms with Crippen molar-refractivity contribution in [3.63, 3.8) is 0 Å². The van der Waals surface area contributed by atoms with Crippen molar-refractivity contribution in [2.75, 3.05) is 0 Å². The molecule has 1 aromatic heterocycles. The summed E-state index contributed by atoms with van der Waals surface area (Å²) in [5, 5.41) is 0. The van der Waals surface area contributed by atoms with Crippen LogP contribution in [0.3, 0.4) is 0 Å². The van der Waals surface area contributed by atoms with Crippen LogP contribution < -0.4 is 4.52 Å². The lowest BCUT2D eigenvalue weighted by molar-refractivity contribution is 0.283. The van der Waals surface area contributed by atoms with Gasteiger partial charge in [-0.05, 0) is 24.3 Å². The number of phosphoric ester groups is 1. The number of rotatable bonds is 2. The minimum Gasteiger partial charge on any atom is -0.404 e. The Morgan fingerprint density at radius 3 is 1.82 bits per heavy atom. The van der Waals surface area contributed by atoms with Crippen LogP contribution in [0.15, 0.2) is 60.9 Å². The third-order valence-electron chi connectivity index (χ3n) is 1.53. The van der Waals surface area contributed by atoms with E-state index in [2.05, 4.69) is 9.51 Å². The Kier molecular flexibility index (Phi) is 5.36. The van der Waals surface area contributed by atoms with Crippen LogP contribution in [0, 0.1) is 0 Å². The van der Waals surface area contributed by atoms with Gasteiger partial charge in [0, 0.05) is 12.4 Å². The molecule has 0 amide bonds. The van der Waals surface area contributed by atoms with Crippen LogP contribution in [-0.2, 0) is 4.57 Å². The summed E-state index contributed by atoms with van der Waals surface area (Å²) in [5.74, 6) is 0.167. The molecule has 0 aliphatic carbocycles. The van der Waals surface area contributed by atoms with Crippen LogP contribution in [0.25, 0.3) is 0 Å². The predicted octanol–water partition coefficient (Wildman–Crippen LogP) is 2.24. The lowest BCUT2D eigenvalue weighted by Crippen LogP contribution is -1.88. The standard InChI is InChI=1S/C6H7O4P.C5H5N/c7-11(8,9)10-6-4-2-1-3-5-6;1-2-4-6-5-3-1/h1-5H,(H2,7,8,9);1-5H. The zero-order chi connectivity index (χ0) is 12.6. The maximum atomic E-state index is 10.3. The fourth-order valence-corrected chi connectivity index (χ4v) is 1.33. The van der Waals surface area contributed by atoms with Crippen LogP contribution in [0.5, 0.6) is 5.75 Å². The maximum absolute atomic E-state index is 10.3. The summed E-state index contributed by atoms with van der Waals surface area (Å²) in [7, 11) is -4.39. The SMILES string of the molecule is O=P(O)(O)Oc1ccccc1.c1ccncc1. The van der Waals surface area contributed by atoms with Gasteiger partial charge in [-0.2, -0.15) is 0 Å². The molecule has 0 radical (unpaired) electrons. The number of pyridine rings is 1. The smallest absolute Gasteiger partial charge is 0.404 e. The van der Waals surface area contributed by atoms with Crippen LogP contribution in [0.2, 0.25) is 0 Å². The number of phosphoric acid groups is 1. The molecule has 0 saturated heterocycles. The van der Waals surface area contributed by atoms with Gasteiger partial charge in [0.1, 0.15) is 5.75 Å². The molecule has 0 aliphatic heterocycles. The molecular formula is C11H12NO4P. The van der Waals surface area contributed by atoms with Gasteiger partial charge in [0.25, 0.3) is 0 Å². The summed E-state index contributed by atoms with van der Waals surface area (Å²) in [6.07, 6.45) is 3.50. The average molecular weight is 253 g/mol. The second-order valence-corrected chi connectivity index (χ2v) is 4.08. The first-order chi connectivity index (χ1) is 8.08. The molecule has 5 nitrogen and oxygen atoms in total. The molecule has 0 atom stereocenters. The Hall–Kier alpha value is -1.68. The second-order valence-electron chi connectivity index (χ2n) is 2.92. The molecule has 17 heavy (non-hydrogen) atoms. The van der Waals surface area contributed by atoms with E-state index in [0.717, 1.165) is 0 Å². The van der Waals surface area contributed by atoms with Gasteiger partial charge in [0.05, 0.1) is 0 Å². The van der Waals surface area contributed by atoms with E-state index in [0.29, 0.717) is 0 Å². The maximum Gasteiger partial charge on any atom is 0.524 e. The molecule has 0 unspecified atom stereocenters. The summed E-state index contributed by atoms with van der Waals surface area (Å²) < 4.78 is 14.5. The molecule has 0 aliphatic rings. The lowest BCUT2D eigenvalue weighted by atomic mass is 10.3. The summed E-state index contributed by atoms with van der Waals surface area (Å²) in [4.78, 5) is 20.5. The summed E-state index contributed by atoms with van der Waals surface area (Å²) >= 11 is 0. The Morgan fingerprint density at radius 2 is 1.47 bits per heavy atom. The van der Waals surface area contributed by atoms with Gasteiger partial charge in [0.15, 0.2) is 0 Å². The van der Waals surface area contributed by atoms with Crippen LogP contribution >= 0.6 is 7.82 Å². The number of benzene rings is 1. The van der Waals surface area contributed by atoms with Gasteiger partial charge in [0.2, 0.25) is 0 Å².